The molecule has 1 fully saturated rings. The molecule has 0 radical (unpaired) electrons. The predicted molar refractivity (Wildman–Crippen MR) is 103 cm³/mol. The molecular formula is C21H23N3O3. The van der Waals surface area contributed by atoms with Crippen LogP contribution in [0, 0.1) is 20.8 Å². The largest absolute Gasteiger partial charge is 0.361 e. The number of carbonyl (C=O) groups excluding carboxylic acids is 1. The number of fused-ring (bicyclic) bond motifs is 1. The topological polar surface area (TPSA) is 68.3 Å². The van der Waals surface area contributed by atoms with E-state index in [2.05, 4.69) is 5.16 Å². The van der Waals surface area contributed by atoms with Crippen LogP contribution in [0.15, 0.2) is 33.7 Å². The molecule has 0 saturated carbocycles. The second-order valence-corrected chi connectivity index (χ2v) is 7.40. The van der Waals surface area contributed by atoms with Crippen LogP contribution in [0.3, 0.4) is 0 Å². The summed E-state index contributed by atoms with van der Waals surface area (Å²) in [4.78, 5) is 28.2. The van der Waals surface area contributed by atoms with Crippen molar-refractivity contribution in [2.75, 3.05) is 6.54 Å². The zero-order chi connectivity index (χ0) is 19.3. The number of aromatic nitrogens is 2. The van der Waals surface area contributed by atoms with E-state index in [9.17, 15) is 9.59 Å². The first-order valence-corrected chi connectivity index (χ1v) is 9.22. The van der Waals surface area contributed by atoms with Crippen molar-refractivity contribution in [1.29, 1.82) is 0 Å². The average molecular weight is 365 g/mol. The number of likely N-dealkylation sites (tertiary alicyclic amines) is 1. The molecule has 27 heavy (non-hydrogen) atoms. The fourth-order valence-corrected chi connectivity index (χ4v) is 4.19. The fraction of sp³-hybridized carbons (Fsp3) is 0.381. The lowest BCUT2D eigenvalue weighted by molar-refractivity contribution is 0.0733. The van der Waals surface area contributed by atoms with Crippen LogP contribution in [0.25, 0.3) is 10.9 Å². The molecule has 6 heteroatoms. The number of nitrogens with zero attached hydrogens (tertiary/aromatic N) is 3. The quantitative estimate of drug-likeness (QED) is 0.698. The minimum Gasteiger partial charge on any atom is -0.361 e. The van der Waals surface area contributed by atoms with Gasteiger partial charge in [-0.25, -0.2) is 0 Å². The molecule has 0 aliphatic carbocycles. The third kappa shape index (κ3) is 2.76. The van der Waals surface area contributed by atoms with Crippen LogP contribution in [0.2, 0.25) is 0 Å². The summed E-state index contributed by atoms with van der Waals surface area (Å²) in [6, 6.07) is 5.64. The highest BCUT2D eigenvalue weighted by atomic mass is 16.5. The minimum atomic E-state index is -0.221. The van der Waals surface area contributed by atoms with Gasteiger partial charge in [0.2, 0.25) is 5.43 Å². The highest BCUT2D eigenvalue weighted by molar-refractivity contribution is 5.97. The molecule has 1 atom stereocenters. The van der Waals surface area contributed by atoms with E-state index in [-0.39, 0.29) is 22.9 Å². The zero-order valence-corrected chi connectivity index (χ0v) is 16.1. The summed E-state index contributed by atoms with van der Waals surface area (Å²) < 4.78 is 7.15. The smallest absolute Gasteiger partial charge is 0.259 e. The van der Waals surface area contributed by atoms with E-state index >= 15 is 0 Å². The van der Waals surface area contributed by atoms with Crippen molar-refractivity contribution >= 4 is 16.8 Å². The van der Waals surface area contributed by atoms with Crippen molar-refractivity contribution in [3.05, 3.63) is 62.8 Å². The molecule has 0 N–H and O–H groups in total. The first-order chi connectivity index (χ1) is 12.9. The van der Waals surface area contributed by atoms with Crippen molar-refractivity contribution in [2.45, 2.75) is 39.7 Å². The normalized spacial score (nSPS) is 17.0. The molecule has 1 aromatic carbocycles. The number of aryl methyl sites for hydroxylation is 4. The van der Waals surface area contributed by atoms with E-state index in [1.54, 1.807) is 11.1 Å². The van der Waals surface area contributed by atoms with Gasteiger partial charge < -0.3 is 14.0 Å². The molecule has 140 valence electrons. The van der Waals surface area contributed by atoms with Gasteiger partial charge >= 0.3 is 0 Å². The number of rotatable bonds is 2. The maximum absolute atomic E-state index is 13.3. The van der Waals surface area contributed by atoms with Gasteiger partial charge in [-0.1, -0.05) is 16.8 Å². The van der Waals surface area contributed by atoms with E-state index in [0.717, 1.165) is 40.9 Å². The summed E-state index contributed by atoms with van der Waals surface area (Å²) in [7, 11) is 1.86. The van der Waals surface area contributed by atoms with Crippen LogP contribution in [0.5, 0.6) is 0 Å². The Morgan fingerprint density at radius 3 is 2.74 bits per heavy atom. The van der Waals surface area contributed by atoms with Gasteiger partial charge in [0.25, 0.3) is 5.91 Å². The second kappa shape index (κ2) is 6.37. The van der Waals surface area contributed by atoms with E-state index < -0.39 is 0 Å². The average Bonchev–Trinajstić information content (AvgIpc) is 3.23. The number of amides is 1. The van der Waals surface area contributed by atoms with Gasteiger partial charge in [0.15, 0.2) is 0 Å². The summed E-state index contributed by atoms with van der Waals surface area (Å²) in [5.74, 6) is 0.515. The van der Waals surface area contributed by atoms with Gasteiger partial charge in [0.05, 0.1) is 17.3 Å². The van der Waals surface area contributed by atoms with Gasteiger partial charge in [0.1, 0.15) is 11.3 Å². The number of hydrogen-bond donors (Lipinski definition) is 0. The maximum atomic E-state index is 13.3. The van der Waals surface area contributed by atoms with Gasteiger partial charge in [-0.15, -0.1) is 0 Å². The second-order valence-electron chi connectivity index (χ2n) is 7.40. The monoisotopic (exact) mass is 365 g/mol. The summed E-state index contributed by atoms with van der Waals surface area (Å²) in [6.07, 6.45) is 3.40. The number of hydrogen-bond acceptors (Lipinski definition) is 4. The Balaban J connectivity index is 1.81. The van der Waals surface area contributed by atoms with Crippen molar-refractivity contribution in [3.8, 4) is 0 Å². The van der Waals surface area contributed by atoms with Crippen molar-refractivity contribution in [2.24, 2.45) is 7.05 Å². The standard InChI is InChI=1S/C21H23N3O3/c1-12-7-8-17-15(10-12)20(25)16(11-23(17)4)21(26)24-9-5-6-18(24)19-13(2)22-27-14(19)3/h7-8,10-11,18H,5-6,9H2,1-4H3/t18-/m0/s1. The molecule has 2 aromatic heterocycles. The van der Waals surface area contributed by atoms with Crippen LogP contribution in [0.4, 0.5) is 0 Å². The van der Waals surface area contributed by atoms with Gasteiger partial charge in [-0.3, -0.25) is 9.59 Å². The number of carbonyl (C=O) groups is 1. The molecule has 6 nitrogen and oxygen atoms in total. The molecule has 3 aromatic rings. The van der Waals surface area contributed by atoms with Crippen molar-refractivity contribution in [3.63, 3.8) is 0 Å². The molecule has 1 aliphatic rings. The molecule has 3 heterocycles. The molecule has 0 bridgehead atoms. The highest BCUT2D eigenvalue weighted by Crippen LogP contribution is 2.36. The molecular weight excluding hydrogens is 342 g/mol. The zero-order valence-electron chi connectivity index (χ0n) is 16.1. The van der Waals surface area contributed by atoms with Gasteiger partial charge in [-0.05, 0) is 45.7 Å². The first kappa shape index (κ1) is 17.5. The van der Waals surface area contributed by atoms with Crippen molar-refractivity contribution < 1.29 is 9.32 Å². The third-order valence-corrected chi connectivity index (χ3v) is 5.51. The van der Waals surface area contributed by atoms with E-state index in [0.29, 0.717) is 11.9 Å². The Morgan fingerprint density at radius 1 is 1.26 bits per heavy atom. The molecule has 1 saturated heterocycles. The predicted octanol–water partition coefficient (Wildman–Crippen LogP) is 3.43. The third-order valence-electron chi connectivity index (χ3n) is 5.51. The summed E-state index contributed by atoms with van der Waals surface area (Å²) >= 11 is 0. The van der Waals surface area contributed by atoms with Crippen LogP contribution in [-0.4, -0.2) is 27.1 Å². The number of pyridine rings is 1. The van der Waals surface area contributed by atoms with Crippen LogP contribution >= 0.6 is 0 Å². The lowest BCUT2D eigenvalue weighted by atomic mass is 10.0. The molecule has 0 unspecified atom stereocenters. The maximum Gasteiger partial charge on any atom is 0.259 e. The Kier molecular flexibility index (Phi) is 4.13. The highest BCUT2D eigenvalue weighted by Gasteiger charge is 2.35. The van der Waals surface area contributed by atoms with E-state index in [4.69, 9.17) is 4.52 Å². The van der Waals surface area contributed by atoms with Crippen LogP contribution in [-0.2, 0) is 7.05 Å². The summed E-state index contributed by atoms with van der Waals surface area (Å²) in [6.45, 7) is 6.34. The van der Waals surface area contributed by atoms with Gasteiger partial charge in [-0.2, -0.15) is 0 Å². The van der Waals surface area contributed by atoms with Gasteiger partial charge in [0, 0.05) is 30.7 Å². The Labute approximate surface area is 157 Å². The Bertz CT molecular complexity index is 1090. The number of benzene rings is 1. The SMILES string of the molecule is Cc1ccc2c(c1)c(=O)c(C(=O)N1CCC[C@H]1c1c(C)noc1C)cn2C. The molecule has 4 rings (SSSR count). The fourth-order valence-electron chi connectivity index (χ4n) is 4.19. The molecule has 0 spiro atoms. The lowest BCUT2D eigenvalue weighted by Crippen LogP contribution is -2.34. The van der Waals surface area contributed by atoms with Crippen molar-refractivity contribution in [1.82, 2.24) is 14.6 Å². The Hall–Kier alpha value is -2.89. The van der Waals surface area contributed by atoms with Crippen LogP contribution < -0.4 is 5.43 Å². The molecule has 1 amide bonds. The minimum absolute atomic E-state index is 0.0957. The Morgan fingerprint density at radius 2 is 2.04 bits per heavy atom. The van der Waals surface area contributed by atoms with E-state index in [1.165, 1.54) is 0 Å². The van der Waals surface area contributed by atoms with E-state index in [1.807, 2.05) is 50.6 Å². The van der Waals surface area contributed by atoms with Crippen LogP contribution in [0.1, 0.15) is 51.8 Å². The first-order valence-electron chi connectivity index (χ1n) is 9.22. The lowest BCUT2D eigenvalue weighted by Gasteiger charge is -2.25. The molecule has 1 aliphatic heterocycles. The summed E-state index contributed by atoms with van der Waals surface area (Å²) in [5.41, 5.74) is 3.61. The summed E-state index contributed by atoms with van der Waals surface area (Å²) in [5, 5.41) is 4.61.